The van der Waals surface area contributed by atoms with E-state index in [1.807, 2.05) is 12.1 Å². The quantitative estimate of drug-likeness (QED) is 0.945. The van der Waals surface area contributed by atoms with Gasteiger partial charge in [-0.15, -0.1) is 0 Å². The molecular formula is C12H14BrN3O2. The normalized spacial score (nSPS) is 10.4. The summed E-state index contributed by atoms with van der Waals surface area (Å²) in [5.41, 5.74) is 7.36. The minimum Gasteiger partial charge on any atom is -0.496 e. The first-order valence-electron chi connectivity index (χ1n) is 5.28. The predicted molar refractivity (Wildman–Crippen MR) is 73.9 cm³/mol. The highest BCUT2D eigenvalue weighted by molar-refractivity contribution is 9.10. The van der Waals surface area contributed by atoms with E-state index in [4.69, 9.17) is 15.2 Å². The molecule has 18 heavy (non-hydrogen) atoms. The van der Waals surface area contributed by atoms with Gasteiger partial charge in [-0.1, -0.05) is 0 Å². The highest BCUT2D eigenvalue weighted by Gasteiger charge is 2.17. The number of hydrogen-bond acceptors (Lipinski definition) is 4. The summed E-state index contributed by atoms with van der Waals surface area (Å²) in [7, 11) is 5.02. The maximum absolute atomic E-state index is 5.80. The van der Waals surface area contributed by atoms with Crippen molar-refractivity contribution in [1.29, 1.82) is 0 Å². The van der Waals surface area contributed by atoms with Crippen molar-refractivity contribution in [2.45, 2.75) is 0 Å². The molecule has 5 nitrogen and oxygen atoms in total. The molecule has 0 atom stereocenters. The predicted octanol–water partition coefficient (Wildman–Crippen LogP) is 2.45. The van der Waals surface area contributed by atoms with Crippen LogP contribution in [0.3, 0.4) is 0 Å². The van der Waals surface area contributed by atoms with Gasteiger partial charge in [0.1, 0.15) is 17.3 Å². The molecule has 0 saturated heterocycles. The van der Waals surface area contributed by atoms with E-state index < -0.39 is 0 Å². The molecule has 0 saturated carbocycles. The lowest BCUT2D eigenvalue weighted by Gasteiger charge is -2.11. The Morgan fingerprint density at radius 3 is 2.33 bits per heavy atom. The van der Waals surface area contributed by atoms with E-state index in [0.29, 0.717) is 11.6 Å². The molecule has 6 heteroatoms. The molecule has 1 heterocycles. The molecule has 2 aromatic rings. The number of benzene rings is 1. The second-order valence-corrected chi connectivity index (χ2v) is 4.53. The van der Waals surface area contributed by atoms with Crippen LogP contribution in [0.15, 0.2) is 22.7 Å². The van der Waals surface area contributed by atoms with Crippen LogP contribution in [0.5, 0.6) is 11.5 Å². The van der Waals surface area contributed by atoms with Gasteiger partial charge >= 0.3 is 0 Å². The van der Waals surface area contributed by atoms with Gasteiger partial charge in [0.15, 0.2) is 0 Å². The molecule has 1 aromatic carbocycles. The van der Waals surface area contributed by atoms with Gasteiger partial charge < -0.3 is 15.2 Å². The van der Waals surface area contributed by atoms with Crippen molar-refractivity contribution in [2.24, 2.45) is 7.05 Å². The fourth-order valence-corrected chi connectivity index (χ4v) is 2.40. The summed E-state index contributed by atoms with van der Waals surface area (Å²) in [5, 5.41) is 4.35. The lowest BCUT2D eigenvalue weighted by molar-refractivity contribution is 0.402. The summed E-state index contributed by atoms with van der Waals surface area (Å²) in [6.45, 7) is 0. The van der Waals surface area contributed by atoms with Crippen molar-refractivity contribution < 1.29 is 9.47 Å². The van der Waals surface area contributed by atoms with Crippen LogP contribution in [0.2, 0.25) is 0 Å². The Labute approximate surface area is 114 Å². The molecule has 0 fully saturated rings. The van der Waals surface area contributed by atoms with Crippen molar-refractivity contribution in [3.63, 3.8) is 0 Å². The topological polar surface area (TPSA) is 62.3 Å². The van der Waals surface area contributed by atoms with Crippen molar-refractivity contribution in [1.82, 2.24) is 9.78 Å². The molecular weight excluding hydrogens is 298 g/mol. The van der Waals surface area contributed by atoms with Gasteiger partial charge in [0, 0.05) is 13.1 Å². The molecule has 0 amide bonds. The summed E-state index contributed by atoms with van der Waals surface area (Å²) in [6, 6.07) is 5.46. The van der Waals surface area contributed by atoms with Gasteiger partial charge in [0.2, 0.25) is 0 Å². The fraction of sp³-hybridized carbons (Fsp3) is 0.250. The lowest BCUT2D eigenvalue weighted by atomic mass is 10.1. The molecule has 0 aliphatic carbocycles. The van der Waals surface area contributed by atoms with Crippen molar-refractivity contribution in [2.75, 3.05) is 20.0 Å². The highest BCUT2D eigenvalue weighted by atomic mass is 79.9. The summed E-state index contributed by atoms with van der Waals surface area (Å²) < 4.78 is 13.0. The minimum atomic E-state index is 0.585. The molecule has 0 aliphatic heterocycles. The van der Waals surface area contributed by atoms with Crippen LogP contribution in [0.1, 0.15) is 0 Å². The van der Waals surface area contributed by atoms with Gasteiger partial charge in [-0.2, -0.15) is 5.10 Å². The van der Waals surface area contributed by atoms with E-state index in [2.05, 4.69) is 21.0 Å². The monoisotopic (exact) mass is 311 g/mol. The van der Waals surface area contributed by atoms with Gasteiger partial charge in [-0.3, -0.25) is 4.68 Å². The Morgan fingerprint density at radius 2 is 1.83 bits per heavy atom. The summed E-state index contributed by atoms with van der Waals surface area (Å²) in [4.78, 5) is 0. The smallest absolute Gasteiger partial charge is 0.134 e. The molecule has 2 N–H and O–H groups in total. The third-order valence-corrected chi connectivity index (χ3v) is 3.47. The van der Waals surface area contributed by atoms with Crippen molar-refractivity contribution in [3.8, 4) is 22.8 Å². The maximum atomic E-state index is 5.80. The number of ether oxygens (including phenoxy) is 2. The molecule has 0 bridgehead atoms. The number of hydrogen-bond donors (Lipinski definition) is 1. The zero-order valence-electron chi connectivity index (χ0n) is 10.4. The second kappa shape index (κ2) is 4.89. The van der Waals surface area contributed by atoms with E-state index in [1.54, 1.807) is 32.0 Å². The fourth-order valence-electron chi connectivity index (χ4n) is 1.71. The Balaban J connectivity index is 2.67. The number of nitrogens with two attached hydrogens (primary N) is 1. The third kappa shape index (κ3) is 2.03. The first-order chi connectivity index (χ1) is 8.58. The number of nitrogens with zero attached hydrogens (tertiary/aromatic N) is 2. The van der Waals surface area contributed by atoms with E-state index in [9.17, 15) is 0 Å². The van der Waals surface area contributed by atoms with Crippen LogP contribution in [-0.4, -0.2) is 24.0 Å². The summed E-state index contributed by atoms with van der Waals surface area (Å²) in [5.74, 6) is 2.01. The molecule has 0 radical (unpaired) electrons. The summed E-state index contributed by atoms with van der Waals surface area (Å²) in [6.07, 6.45) is 0. The zero-order valence-corrected chi connectivity index (χ0v) is 12.0. The first-order valence-corrected chi connectivity index (χ1v) is 6.08. The van der Waals surface area contributed by atoms with Crippen LogP contribution >= 0.6 is 15.9 Å². The Bertz CT molecular complexity index is 561. The SMILES string of the molecule is COc1ccc(OC)c(-c2cc(N)n(C)n2)c1Br. The van der Waals surface area contributed by atoms with Crippen LogP contribution in [-0.2, 0) is 7.05 Å². The molecule has 0 spiro atoms. The minimum absolute atomic E-state index is 0.585. The maximum Gasteiger partial charge on any atom is 0.134 e. The lowest BCUT2D eigenvalue weighted by Crippen LogP contribution is -1.97. The van der Waals surface area contributed by atoms with E-state index in [-0.39, 0.29) is 0 Å². The number of halogens is 1. The van der Waals surface area contributed by atoms with Crippen molar-refractivity contribution in [3.05, 3.63) is 22.7 Å². The molecule has 2 rings (SSSR count). The Hall–Kier alpha value is -1.69. The largest absolute Gasteiger partial charge is 0.496 e. The highest BCUT2D eigenvalue weighted by Crippen LogP contribution is 2.41. The van der Waals surface area contributed by atoms with Crippen LogP contribution in [0, 0.1) is 0 Å². The molecule has 0 unspecified atom stereocenters. The second-order valence-electron chi connectivity index (χ2n) is 3.74. The number of nitrogen functional groups attached to an aromatic ring is 1. The van der Waals surface area contributed by atoms with Gasteiger partial charge in [-0.25, -0.2) is 0 Å². The zero-order chi connectivity index (χ0) is 13.3. The summed E-state index contributed by atoms with van der Waals surface area (Å²) >= 11 is 3.51. The number of anilines is 1. The average molecular weight is 312 g/mol. The van der Waals surface area contributed by atoms with E-state index in [1.165, 1.54) is 0 Å². The standard InChI is InChI=1S/C12H14BrN3O2/c1-16-10(14)6-7(15-16)11-8(17-2)4-5-9(18-3)12(11)13/h4-6H,14H2,1-3H3. The van der Waals surface area contributed by atoms with Crippen LogP contribution in [0.25, 0.3) is 11.3 Å². The van der Waals surface area contributed by atoms with Gasteiger partial charge in [0.25, 0.3) is 0 Å². The van der Waals surface area contributed by atoms with Crippen LogP contribution in [0.4, 0.5) is 5.82 Å². The number of aromatic nitrogens is 2. The number of methoxy groups -OCH3 is 2. The van der Waals surface area contributed by atoms with Crippen molar-refractivity contribution >= 4 is 21.7 Å². The first kappa shape index (κ1) is 12.8. The number of rotatable bonds is 3. The molecule has 0 aliphatic rings. The van der Waals surface area contributed by atoms with Gasteiger partial charge in [-0.05, 0) is 28.1 Å². The average Bonchev–Trinajstić information content (AvgIpc) is 2.68. The van der Waals surface area contributed by atoms with E-state index in [0.717, 1.165) is 21.5 Å². The molecule has 1 aromatic heterocycles. The van der Waals surface area contributed by atoms with E-state index >= 15 is 0 Å². The third-order valence-electron chi connectivity index (χ3n) is 2.68. The Morgan fingerprint density at radius 1 is 1.22 bits per heavy atom. The van der Waals surface area contributed by atoms with Gasteiger partial charge in [0.05, 0.1) is 29.9 Å². The van der Waals surface area contributed by atoms with Crippen LogP contribution < -0.4 is 15.2 Å². The number of aryl methyl sites for hydroxylation is 1. The molecule has 96 valence electrons. The Kier molecular flexibility index (Phi) is 3.47.